The van der Waals surface area contributed by atoms with Crippen molar-refractivity contribution in [2.24, 2.45) is 45.3 Å². The van der Waals surface area contributed by atoms with Gasteiger partial charge in [-0.15, -0.1) is 0 Å². The summed E-state index contributed by atoms with van der Waals surface area (Å²) in [5.41, 5.74) is -2.11. The van der Waals surface area contributed by atoms with Crippen LogP contribution in [0.25, 0.3) is 0 Å². The van der Waals surface area contributed by atoms with Gasteiger partial charge in [0.05, 0.1) is 43.7 Å². The first kappa shape index (κ1) is 53.8. The van der Waals surface area contributed by atoms with Crippen molar-refractivity contribution >= 4 is 0 Å². The Balaban J connectivity index is 1.12. The van der Waals surface area contributed by atoms with Gasteiger partial charge in [0.15, 0.2) is 18.9 Å². The van der Waals surface area contributed by atoms with E-state index in [0.29, 0.717) is 32.1 Å². The lowest BCUT2D eigenvalue weighted by molar-refractivity contribution is -0.351. The first-order chi connectivity index (χ1) is 31.2. The standard InChI is InChI=1S/C48H82O19/c1-21(2)10-9-13-47(7,67-43-40(61)37(58)34(55)26(65-43)20-62-41-38(59)35(56)32(53)24(18-49)63-41)22-11-14-46(6)31(22)23(51)16-28-45(46,5)15-12-27-44(3,4)30(17-29(52)48(27,28)8)66-42-39(60)36(57)33(54)25(19-50)64-42/h10,22-43,49-61H,9,11-20H2,1-8H3/t22-,23+,24+,25+,26-,27+,28-,29-,30-,31-,32-,33-,34-,35-,36-,37+,38+,39+,40-,41+,42-,43-,45-,46-,47-,48-/m0/s1. The van der Waals surface area contributed by atoms with Gasteiger partial charge in [-0.05, 0) is 106 Å². The average molecular weight is 963 g/mol. The average Bonchev–Trinajstić information content (AvgIpc) is 3.66. The molecular formula is C48H82O19. The van der Waals surface area contributed by atoms with Crippen LogP contribution in [-0.4, -0.2) is 202 Å². The molecule has 67 heavy (non-hydrogen) atoms. The van der Waals surface area contributed by atoms with E-state index < -0.39 is 152 Å². The van der Waals surface area contributed by atoms with Gasteiger partial charge in [0.25, 0.3) is 0 Å². The van der Waals surface area contributed by atoms with Gasteiger partial charge >= 0.3 is 0 Å². The zero-order valence-corrected chi connectivity index (χ0v) is 40.3. The maximum absolute atomic E-state index is 12.7. The Hall–Kier alpha value is -1.02. The zero-order valence-electron chi connectivity index (χ0n) is 40.3. The summed E-state index contributed by atoms with van der Waals surface area (Å²) >= 11 is 0. The molecule has 4 aliphatic carbocycles. The molecule has 3 aliphatic heterocycles. The van der Waals surface area contributed by atoms with Crippen molar-refractivity contribution < 1.29 is 94.8 Å². The van der Waals surface area contributed by atoms with Gasteiger partial charge in [-0.25, -0.2) is 0 Å². The fourth-order valence-electron chi connectivity index (χ4n) is 14.7. The smallest absolute Gasteiger partial charge is 0.187 e. The van der Waals surface area contributed by atoms with E-state index in [4.69, 9.17) is 28.4 Å². The highest BCUT2D eigenvalue weighted by Gasteiger charge is 2.73. The minimum atomic E-state index is -1.75. The van der Waals surface area contributed by atoms with Crippen molar-refractivity contribution in [1.29, 1.82) is 0 Å². The number of fused-ring (bicyclic) bond motifs is 5. The second-order valence-electron chi connectivity index (χ2n) is 23.0. The number of allylic oxidation sites excluding steroid dienone is 2. The Bertz CT molecular complexity index is 1710. The van der Waals surface area contributed by atoms with Crippen LogP contribution in [0.15, 0.2) is 11.6 Å². The SMILES string of the molecule is CC(C)=CCC[C@](C)(O[C@@H]1O[C@@H](CO[C@@H]2O[C@H](CO)[C@H](O)[C@H](O)[C@H]2O)[C@H](O)[C@@H](O)[C@@H]1O)[C@H]1CC[C@@]2(C)[C@@H]1[C@H](O)C[C@@H]1[C@]3(C)[C@H](CC[C@@]12C)C(C)(C)[C@@H](O[C@@H]1O[C@H](CO)[C@H](O)[C@H](O)[C@H]1O)C[C@@H]3O. The molecule has 0 aromatic rings. The van der Waals surface area contributed by atoms with Gasteiger partial charge in [0, 0.05) is 11.8 Å². The van der Waals surface area contributed by atoms with Gasteiger partial charge in [-0.2, -0.15) is 0 Å². The Morgan fingerprint density at radius 1 is 0.627 bits per heavy atom. The number of aliphatic hydroxyl groups excluding tert-OH is 13. The number of hydrogen-bond donors (Lipinski definition) is 13. The molecule has 4 saturated carbocycles. The molecule has 7 rings (SSSR count). The van der Waals surface area contributed by atoms with Crippen LogP contribution in [0.1, 0.15) is 107 Å². The summed E-state index contributed by atoms with van der Waals surface area (Å²) < 4.78 is 36.4. The lowest BCUT2D eigenvalue weighted by Gasteiger charge is -2.71. The first-order valence-electron chi connectivity index (χ1n) is 24.5. The van der Waals surface area contributed by atoms with Gasteiger partial charge < -0.3 is 94.8 Å². The van der Waals surface area contributed by atoms with Crippen LogP contribution in [0, 0.1) is 45.3 Å². The molecule has 0 unspecified atom stereocenters. The van der Waals surface area contributed by atoms with E-state index >= 15 is 0 Å². The third-order valence-corrected chi connectivity index (χ3v) is 18.9. The van der Waals surface area contributed by atoms with Crippen molar-refractivity contribution in [1.82, 2.24) is 0 Å². The Morgan fingerprint density at radius 3 is 1.73 bits per heavy atom. The largest absolute Gasteiger partial charge is 0.394 e. The Kier molecular flexibility index (Phi) is 15.9. The lowest BCUT2D eigenvalue weighted by Crippen LogP contribution is -2.70. The molecule has 0 spiro atoms. The topological polar surface area (TPSA) is 318 Å². The summed E-state index contributed by atoms with van der Waals surface area (Å²) in [4.78, 5) is 0. The van der Waals surface area contributed by atoms with Crippen molar-refractivity contribution in [2.75, 3.05) is 19.8 Å². The van der Waals surface area contributed by atoms with Crippen LogP contribution < -0.4 is 0 Å². The summed E-state index contributed by atoms with van der Waals surface area (Å²) in [5.74, 6) is -0.834. The molecule has 0 amide bonds. The summed E-state index contributed by atoms with van der Waals surface area (Å²) in [6, 6.07) is 0. The van der Waals surface area contributed by atoms with Gasteiger partial charge in [-0.1, -0.05) is 46.3 Å². The molecule has 7 fully saturated rings. The second kappa shape index (κ2) is 19.8. The summed E-state index contributed by atoms with van der Waals surface area (Å²) in [6.45, 7) is 15.0. The first-order valence-corrected chi connectivity index (χ1v) is 24.5. The van der Waals surface area contributed by atoms with Gasteiger partial charge in [0.2, 0.25) is 0 Å². The summed E-state index contributed by atoms with van der Waals surface area (Å²) in [6.07, 6.45) is -18.8. The minimum absolute atomic E-state index is 0.108. The van der Waals surface area contributed by atoms with E-state index in [-0.39, 0.29) is 35.5 Å². The van der Waals surface area contributed by atoms with Crippen LogP contribution in [0.3, 0.4) is 0 Å². The fourth-order valence-corrected chi connectivity index (χ4v) is 14.7. The number of aliphatic hydroxyl groups is 13. The lowest BCUT2D eigenvalue weighted by atomic mass is 9.34. The van der Waals surface area contributed by atoms with Crippen molar-refractivity contribution in [2.45, 2.75) is 223 Å². The zero-order chi connectivity index (χ0) is 49.5. The molecule has 0 bridgehead atoms. The second-order valence-corrected chi connectivity index (χ2v) is 23.0. The highest BCUT2D eigenvalue weighted by Crippen LogP contribution is 2.76. The third kappa shape index (κ3) is 9.03. The summed E-state index contributed by atoms with van der Waals surface area (Å²) in [7, 11) is 0. The molecule has 3 saturated heterocycles. The maximum Gasteiger partial charge on any atom is 0.187 e. The molecule has 19 nitrogen and oxygen atoms in total. The van der Waals surface area contributed by atoms with Crippen LogP contribution in [0.5, 0.6) is 0 Å². The van der Waals surface area contributed by atoms with Crippen LogP contribution in [0.4, 0.5) is 0 Å². The molecule has 19 heteroatoms. The molecular weight excluding hydrogens is 881 g/mol. The number of hydrogen-bond acceptors (Lipinski definition) is 19. The highest BCUT2D eigenvalue weighted by molar-refractivity contribution is 5.22. The molecule has 0 aromatic heterocycles. The molecule has 26 atom stereocenters. The van der Waals surface area contributed by atoms with Crippen molar-refractivity contribution in [3.63, 3.8) is 0 Å². The predicted octanol–water partition coefficient (Wildman–Crippen LogP) is -1.06. The van der Waals surface area contributed by atoms with Gasteiger partial charge in [-0.3, -0.25) is 0 Å². The van der Waals surface area contributed by atoms with Crippen LogP contribution >= 0.6 is 0 Å². The summed E-state index contributed by atoms with van der Waals surface area (Å²) in [5, 5.41) is 141. The highest BCUT2D eigenvalue weighted by atomic mass is 16.7. The molecule has 3 heterocycles. The van der Waals surface area contributed by atoms with E-state index in [0.717, 1.165) is 18.4 Å². The molecule has 13 N–H and O–H groups in total. The molecule has 0 radical (unpaired) electrons. The number of rotatable bonds is 13. The maximum atomic E-state index is 12.7. The Labute approximate surface area is 393 Å². The van der Waals surface area contributed by atoms with Gasteiger partial charge in [0.1, 0.15) is 73.2 Å². The van der Waals surface area contributed by atoms with E-state index in [9.17, 15) is 66.4 Å². The van der Waals surface area contributed by atoms with E-state index in [2.05, 4.69) is 40.7 Å². The fraction of sp³-hybridized carbons (Fsp3) is 0.958. The molecule has 388 valence electrons. The van der Waals surface area contributed by atoms with E-state index in [1.807, 2.05) is 20.8 Å². The molecule has 7 aliphatic rings. The predicted molar refractivity (Wildman–Crippen MR) is 235 cm³/mol. The third-order valence-electron chi connectivity index (χ3n) is 18.9. The van der Waals surface area contributed by atoms with Crippen molar-refractivity contribution in [3.05, 3.63) is 11.6 Å². The Morgan fingerprint density at radius 2 is 1.15 bits per heavy atom. The molecule has 0 aromatic carbocycles. The van der Waals surface area contributed by atoms with E-state index in [1.165, 1.54) is 0 Å². The quantitative estimate of drug-likeness (QED) is 0.0773. The van der Waals surface area contributed by atoms with Crippen molar-refractivity contribution in [3.8, 4) is 0 Å². The van der Waals surface area contributed by atoms with E-state index in [1.54, 1.807) is 0 Å². The minimum Gasteiger partial charge on any atom is -0.394 e. The normalized spacial score (nSPS) is 52.9. The monoisotopic (exact) mass is 963 g/mol. The number of ether oxygens (including phenoxy) is 6. The van der Waals surface area contributed by atoms with Crippen LogP contribution in [0.2, 0.25) is 0 Å². The van der Waals surface area contributed by atoms with Crippen LogP contribution in [-0.2, 0) is 28.4 Å².